The van der Waals surface area contributed by atoms with E-state index in [0.717, 1.165) is 11.3 Å². The van der Waals surface area contributed by atoms with Crippen LogP contribution in [0.3, 0.4) is 0 Å². The number of hydrogen-bond acceptors (Lipinski definition) is 1. The molecule has 1 aliphatic carbocycles. The monoisotopic (exact) mass is 173 g/mol. The van der Waals surface area contributed by atoms with Crippen LogP contribution < -0.4 is 4.74 Å². The van der Waals surface area contributed by atoms with Crippen molar-refractivity contribution < 1.29 is 4.74 Å². The summed E-state index contributed by atoms with van der Waals surface area (Å²) in [5, 5.41) is 0. The molecule has 0 heterocycles. The molecule has 13 heavy (non-hydrogen) atoms. The summed E-state index contributed by atoms with van der Waals surface area (Å²) < 4.78 is 5.30. The summed E-state index contributed by atoms with van der Waals surface area (Å²) in [5.74, 6) is 1.71. The molecule has 0 N–H and O–H groups in total. The molecule has 0 aromatic heterocycles. The molecular weight excluding hydrogens is 160 g/mol. The Balaban J connectivity index is 2.40. The average molecular weight is 173 g/mol. The third kappa shape index (κ3) is 1.59. The van der Waals surface area contributed by atoms with Crippen LogP contribution >= 0.6 is 0 Å². The van der Waals surface area contributed by atoms with Gasteiger partial charge in [-0.25, -0.2) is 0 Å². The predicted octanol–water partition coefficient (Wildman–Crippen LogP) is 2.91. The molecule has 0 atom stereocenters. The molecule has 1 aliphatic rings. The van der Waals surface area contributed by atoms with E-state index in [2.05, 4.69) is 18.7 Å². The van der Waals surface area contributed by atoms with Crippen molar-refractivity contribution in [3.8, 4) is 5.75 Å². The number of benzene rings is 1. The van der Waals surface area contributed by atoms with Gasteiger partial charge in [0.2, 0.25) is 0 Å². The molecule has 0 aliphatic heterocycles. The summed E-state index contributed by atoms with van der Waals surface area (Å²) in [7, 11) is 1.72. The van der Waals surface area contributed by atoms with E-state index in [4.69, 9.17) is 4.74 Å². The Kier molecular flexibility index (Phi) is 2.09. The standard InChI is InChI=1S/C12H13O/c1-3-9-4-7-12(13-2)11(8-9)10-5-6-10/h4,7-8,10H,1,5-6H2,2H3. The lowest BCUT2D eigenvalue weighted by Gasteiger charge is -2.07. The van der Waals surface area contributed by atoms with Crippen LogP contribution in [0.2, 0.25) is 0 Å². The molecule has 1 fully saturated rings. The van der Waals surface area contributed by atoms with Gasteiger partial charge in [-0.1, -0.05) is 12.6 Å². The smallest absolute Gasteiger partial charge is 0.122 e. The van der Waals surface area contributed by atoms with Gasteiger partial charge in [-0.05, 0) is 48.1 Å². The first-order valence-corrected chi connectivity index (χ1v) is 4.56. The maximum Gasteiger partial charge on any atom is 0.122 e. The van der Waals surface area contributed by atoms with E-state index >= 15 is 0 Å². The molecule has 0 saturated heterocycles. The number of hydrogen-bond donors (Lipinski definition) is 0. The Hall–Kier alpha value is -1.24. The lowest BCUT2D eigenvalue weighted by Crippen LogP contribution is -1.90. The quantitative estimate of drug-likeness (QED) is 0.683. The maximum atomic E-state index is 5.30. The summed E-state index contributed by atoms with van der Waals surface area (Å²) in [6.45, 7) is 3.64. The zero-order chi connectivity index (χ0) is 9.26. The van der Waals surface area contributed by atoms with E-state index in [1.54, 1.807) is 7.11 Å². The molecular formula is C12H13O. The van der Waals surface area contributed by atoms with Crippen molar-refractivity contribution in [1.29, 1.82) is 0 Å². The van der Waals surface area contributed by atoms with Crippen LogP contribution in [-0.4, -0.2) is 7.11 Å². The Morgan fingerprint density at radius 3 is 2.77 bits per heavy atom. The first kappa shape index (κ1) is 8.36. The highest BCUT2D eigenvalue weighted by Gasteiger charge is 2.26. The molecule has 1 radical (unpaired) electrons. The number of methoxy groups -OCH3 is 1. The van der Waals surface area contributed by atoms with Gasteiger partial charge in [0.1, 0.15) is 5.75 Å². The Morgan fingerprint density at radius 1 is 1.46 bits per heavy atom. The highest BCUT2D eigenvalue weighted by atomic mass is 16.5. The van der Waals surface area contributed by atoms with Crippen molar-refractivity contribution in [2.45, 2.75) is 18.8 Å². The average Bonchev–Trinajstić information content (AvgIpc) is 3.00. The minimum absolute atomic E-state index is 0.711. The van der Waals surface area contributed by atoms with Crippen molar-refractivity contribution >= 4 is 0 Å². The zero-order valence-corrected chi connectivity index (χ0v) is 7.84. The van der Waals surface area contributed by atoms with Gasteiger partial charge in [0.05, 0.1) is 7.11 Å². The largest absolute Gasteiger partial charge is 0.496 e. The maximum absolute atomic E-state index is 5.30. The topological polar surface area (TPSA) is 9.23 Å². The van der Waals surface area contributed by atoms with Gasteiger partial charge in [-0.15, -0.1) is 0 Å². The van der Waals surface area contributed by atoms with Gasteiger partial charge in [0, 0.05) is 0 Å². The van der Waals surface area contributed by atoms with E-state index in [1.165, 1.54) is 18.4 Å². The molecule has 67 valence electrons. The van der Waals surface area contributed by atoms with Gasteiger partial charge in [-0.3, -0.25) is 0 Å². The van der Waals surface area contributed by atoms with Crippen molar-refractivity contribution in [1.82, 2.24) is 0 Å². The van der Waals surface area contributed by atoms with Crippen LogP contribution in [0.5, 0.6) is 5.75 Å². The third-order valence-corrected chi connectivity index (χ3v) is 2.45. The zero-order valence-electron chi connectivity index (χ0n) is 7.84. The van der Waals surface area contributed by atoms with Crippen LogP contribution in [0.1, 0.15) is 29.9 Å². The second-order valence-corrected chi connectivity index (χ2v) is 3.41. The summed E-state index contributed by atoms with van der Waals surface area (Å²) in [4.78, 5) is 0. The Labute approximate surface area is 79.0 Å². The third-order valence-electron chi connectivity index (χ3n) is 2.45. The van der Waals surface area contributed by atoms with Gasteiger partial charge < -0.3 is 4.74 Å². The summed E-state index contributed by atoms with van der Waals surface area (Å²) in [6.07, 6.45) is 5.47. The summed E-state index contributed by atoms with van der Waals surface area (Å²) in [5.41, 5.74) is 2.37. The fourth-order valence-corrected chi connectivity index (χ4v) is 1.56. The van der Waals surface area contributed by atoms with Gasteiger partial charge >= 0.3 is 0 Å². The first-order chi connectivity index (χ1) is 6.35. The summed E-state index contributed by atoms with van der Waals surface area (Å²) in [6, 6.07) is 6.11. The molecule has 1 saturated carbocycles. The van der Waals surface area contributed by atoms with E-state index in [0.29, 0.717) is 5.92 Å². The van der Waals surface area contributed by atoms with Crippen molar-refractivity contribution in [2.24, 2.45) is 0 Å². The van der Waals surface area contributed by atoms with Gasteiger partial charge in [-0.2, -0.15) is 0 Å². The highest BCUT2D eigenvalue weighted by Crippen LogP contribution is 2.44. The van der Waals surface area contributed by atoms with E-state index in [9.17, 15) is 0 Å². The fraction of sp³-hybridized carbons (Fsp3) is 0.333. The predicted molar refractivity (Wildman–Crippen MR) is 52.9 cm³/mol. The van der Waals surface area contributed by atoms with Gasteiger partial charge in [0.25, 0.3) is 0 Å². The second-order valence-electron chi connectivity index (χ2n) is 3.41. The molecule has 2 rings (SSSR count). The van der Waals surface area contributed by atoms with Crippen LogP contribution in [0.25, 0.3) is 0 Å². The van der Waals surface area contributed by atoms with Crippen LogP contribution in [0.15, 0.2) is 24.8 Å². The minimum Gasteiger partial charge on any atom is -0.496 e. The molecule has 0 unspecified atom stereocenters. The van der Waals surface area contributed by atoms with Crippen molar-refractivity contribution in [3.05, 3.63) is 42.0 Å². The van der Waals surface area contributed by atoms with Crippen LogP contribution in [0, 0.1) is 6.08 Å². The minimum atomic E-state index is 0.711. The molecule has 0 spiro atoms. The lowest BCUT2D eigenvalue weighted by atomic mass is 10.1. The molecule has 0 bridgehead atoms. The molecule has 1 aromatic carbocycles. The summed E-state index contributed by atoms with van der Waals surface area (Å²) >= 11 is 0. The Morgan fingerprint density at radius 2 is 2.23 bits per heavy atom. The number of ether oxygens (including phenoxy) is 1. The van der Waals surface area contributed by atoms with E-state index < -0.39 is 0 Å². The van der Waals surface area contributed by atoms with E-state index in [-0.39, 0.29) is 0 Å². The van der Waals surface area contributed by atoms with Crippen molar-refractivity contribution in [3.63, 3.8) is 0 Å². The first-order valence-electron chi connectivity index (χ1n) is 4.56. The molecule has 1 nitrogen and oxygen atoms in total. The lowest BCUT2D eigenvalue weighted by molar-refractivity contribution is 0.409. The fourth-order valence-electron chi connectivity index (χ4n) is 1.56. The van der Waals surface area contributed by atoms with Gasteiger partial charge in [0.15, 0.2) is 0 Å². The Bertz CT molecular complexity index is 324. The van der Waals surface area contributed by atoms with Crippen molar-refractivity contribution in [2.75, 3.05) is 7.11 Å². The molecule has 0 amide bonds. The highest BCUT2D eigenvalue weighted by molar-refractivity contribution is 5.43. The van der Waals surface area contributed by atoms with E-state index in [1.807, 2.05) is 12.1 Å². The second kappa shape index (κ2) is 3.25. The molecule has 1 aromatic rings. The number of rotatable bonds is 3. The SMILES string of the molecule is C=[C]c1ccc(OC)c(C2CC2)c1. The van der Waals surface area contributed by atoms with Crippen LogP contribution in [0.4, 0.5) is 0 Å². The normalized spacial score (nSPS) is 15.5. The van der Waals surface area contributed by atoms with Crippen LogP contribution in [-0.2, 0) is 0 Å². The molecule has 1 heteroatoms.